The number of hydrogen-bond acceptors (Lipinski definition) is 2. The van der Waals surface area contributed by atoms with Crippen LogP contribution in [0.5, 0.6) is 5.75 Å². The molecular formula is C15H14Cl2N2O2. The van der Waals surface area contributed by atoms with Crippen LogP contribution in [-0.2, 0) is 6.54 Å². The highest BCUT2D eigenvalue weighted by Crippen LogP contribution is 2.27. The fraction of sp³-hybridized carbons (Fsp3) is 0.133. The van der Waals surface area contributed by atoms with Crippen molar-refractivity contribution in [3.63, 3.8) is 0 Å². The topological polar surface area (TPSA) is 50.4 Å². The lowest BCUT2D eigenvalue weighted by atomic mass is 10.2. The summed E-state index contributed by atoms with van der Waals surface area (Å²) in [5, 5.41) is 6.47. The molecule has 0 heterocycles. The maximum atomic E-state index is 11.8. The number of benzene rings is 2. The molecule has 2 aromatic carbocycles. The summed E-state index contributed by atoms with van der Waals surface area (Å²) in [4.78, 5) is 11.8. The summed E-state index contributed by atoms with van der Waals surface area (Å²) in [5.74, 6) is 0.554. The monoisotopic (exact) mass is 324 g/mol. The van der Waals surface area contributed by atoms with E-state index in [-0.39, 0.29) is 6.03 Å². The average molecular weight is 325 g/mol. The van der Waals surface area contributed by atoms with Gasteiger partial charge in [-0.25, -0.2) is 4.79 Å². The van der Waals surface area contributed by atoms with Gasteiger partial charge in [-0.05, 0) is 29.8 Å². The van der Waals surface area contributed by atoms with E-state index in [0.717, 1.165) is 5.56 Å². The molecule has 0 fully saturated rings. The molecule has 4 nitrogen and oxygen atoms in total. The van der Waals surface area contributed by atoms with Crippen molar-refractivity contribution < 1.29 is 9.53 Å². The second-order valence-electron chi connectivity index (χ2n) is 4.25. The van der Waals surface area contributed by atoms with Crippen LogP contribution in [0.4, 0.5) is 10.5 Å². The summed E-state index contributed by atoms with van der Waals surface area (Å²) in [6, 6.07) is 12.0. The molecule has 2 rings (SSSR count). The SMILES string of the molecule is COc1ccc(NC(=O)NCc2ccccc2Cl)cc1Cl. The quantitative estimate of drug-likeness (QED) is 0.879. The average Bonchev–Trinajstić information content (AvgIpc) is 2.46. The number of hydrogen-bond donors (Lipinski definition) is 2. The molecule has 2 amide bonds. The van der Waals surface area contributed by atoms with Crippen molar-refractivity contribution in [2.45, 2.75) is 6.54 Å². The lowest BCUT2D eigenvalue weighted by molar-refractivity contribution is 0.251. The molecule has 0 aliphatic heterocycles. The summed E-state index contributed by atoms with van der Waals surface area (Å²) in [6.07, 6.45) is 0. The predicted octanol–water partition coefficient (Wildman–Crippen LogP) is 4.32. The first-order valence-electron chi connectivity index (χ1n) is 6.22. The van der Waals surface area contributed by atoms with Crippen LogP contribution < -0.4 is 15.4 Å². The molecule has 0 aromatic heterocycles. The number of methoxy groups -OCH3 is 1. The highest BCUT2D eigenvalue weighted by Gasteiger charge is 2.06. The van der Waals surface area contributed by atoms with Crippen LogP contribution in [-0.4, -0.2) is 13.1 Å². The third kappa shape index (κ3) is 4.28. The van der Waals surface area contributed by atoms with Crippen molar-refractivity contribution >= 4 is 34.9 Å². The van der Waals surface area contributed by atoms with E-state index >= 15 is 0 Å². The highest BCUT2D eigenvalue weighted by atomic mass is 35.5. The molecule has 0 saturated heterocycles. The summed E-state index contributed by atoms with van der Waals surface area (Å²) in [5.41, 5.74) is 1.43. The molecule has 2 aromatic rings. The van der Waals surface area contributed by atoms with Crippen LogP contribution in [0.3, 0.4) is 0 Å². The van der Waals surface area contributed by atoms with E-state index in [9.17, 15) is 4.79 Å². The Kier molecular flexibility index (Phi) is 5.31. The molecule has 0 atom stereocenters. The number of carbonyl (C=O) groups excluding carboxylic acids is 1. The standard InChI is InChI=1S/C15H14Cl2N2O2/c1-21-14-7-6-11(8-13(14)17)19-15(20)18-9-10-4-2-3-5-12(10)16/h2-8H,9H2,1H3,(H2,18,19,20). The van der Waals surface area contributed by atoms with Crippen LogP contribution in [0, 0.1) is 0 Å². The van der Waals surface area contributed by atoms with Gasteiger partial charge in [0.15, 0.2) is 0 Å². The Hall–Kier alpha value is -1.91. The van der Waals surface area contributed by atoms with Gasteiger partial charge in [0, 0.05) is 17.3 Å². The number of urea groups is 1. The highest BCUT2D eigenvalue weighted by molar-refractivity contribution is 6.32. The minimum absolute atomic E-state index is 0.337. The van der Waals surface area contributed by atoms with E-state index < -0.39 is 0 Å². The lowest BCUT2D eigenvalue weighted by Gasteiger charge is -2.10. The number of anilines is 1. The first-order chi connectivity index (χ1) is 10.1. The third-order valence-electron chi connectivity index (χ3n) is 2.81. The summed E-state index contributed by atoms with van der Waals surface area (Å²) in [7, 11) is 1.53. The minimum Gasteiger partial charge on any atom is -0.495 e. The maximum Gasteiger partial charge on any atom is 0.319 e. The van der Waals surface area contributed by atoms with E-state index in [1.165, 1.54) is 7.11 Å². The molecule has 0 spiro atoms. The van der Waals surface area contributed by atoms with Crippen molar-refractivity contribution in [2.75, 3.05) is 12.4 Å². The predicted molar refractivity (Wildman–Crippen MR) is 85.3 cm³/mol. The van der Waals surface area contributed by atoms with Gasteiger partial charge in [-0.2, -0.15) is 0 Å². The van der Waals surface area contributed by atoms with Crippen molar-refractivity contribution in [2.24, 2.45) is 0 Å². The Morgan fingerprint density at radius 2 is 1.90 bits per heavy atom. The second-order valence-corrected chi connectivity index (χ2v) is 5.06. The van der Waals surface area contributed by atoms with E-state index in [0.29, 0.717) is 28.0 Å². The van der Waals surface area contributed by atoms with Gasteiger partial charge in [-0.1, -0.05) is 41.4 Å². The lowest BCUT2D eigenvalue weighted by Crippen LogP contribution is -2.28. The van der Waals surface area contributed by atoms with E-state index in [1.54, 1.807) is 24.3 Å². The summed E-state index contributed by atoms with van der Waals surface area (Å²) >= 11 is 12.0. The van der Waals surface area contributed by atoms with E-state index in [2.05, 4.69) is 10.6 Å². The Morgan fingerprint density at radius 1 is 1.14 bits per heavy atom. The number of rotatable bonds is 4. The zero-order valence-electron chi connectivity index (χ0n) is 11.3. The van der Waals surface area contributed by atoms with Crippen LogP contribution in [0.1, 0.15) is 5.56 Å². The number of nitrogens with one attached hydrogen (secondary N) is 2. The number of amides is 2. The molecule has 21 heavy (non-hydrogen) atoms. The minimum atomic E-state index is -0.337. The fourth-order valence-corrected chi connectivity index (χ4v) is 2.20. The normalized spacial score (nSPS) is 10.0. The first kappa shape index (κ1) is 15.5. The van der Waals surface area contributed by atoms with Crippen molar-refractivity contribution in [1.82, 2.24) is 5.32 Å². The van der Waals surface area contributed by atoms with E-state index in [1.807, 2.05) is 18.2 Å². The number of carbonyl (C=O) groups is 1. The van der Waals surface area contributed by atoms with Crippen LogP contribution >= 0.6 is 23.2 Å². The molecule has 0 aliphatic rings. The second kappa shape index (κ2) is 7.20. The third-order valence-corrected chi connectivity index (χ3v) is 3.47. The molecular weight excluding hydrogens is 311 g/mol. The van der Waals surface area contributed by atoms with Crippen molar-refractivity contribution in [3.8, 4) is 5.75 Å². The largest absolute Gasteiger partial charge is 0.495 e. The Balaban J connectivity index is 1.93. The van der Waals surface area contributed by atoms with Gasteiger partial charge < -0.3 is 15.4 Å². The van der Waals surface area contributed by atoms with Gasteiger partial charge in [0.2, 0.25) is 0 Å². The fourth-order valence-electron chi connectivity index (χ4n) is 1.74. The van der Waals surface area contributed by atoms with Crippen molar-refractivity contribution in [1.29, 1.82) is 0 Å². The summed E-state index contributed by atoms with van der Waals surface area (Å²) < 4.78 is 5.05. The van der Waals surface area contributed by atoms with Crippen LogP contribution in [0.2, 0.25) is 10.0 Å². The Bertz CT molecular complexity index is 647. The van der Waals surface area contributed by atoms with Gasteiger partial charge >= 0.3 is 6.03 Å². The van der Waals surface area contributed by atoms with Crippen LogP contribution in [0.15, 0.2) is 42.5 Å². The number of halogens is 2. The van der Waals surface area contributed by atoms with Gasteiger partial charge in [-0.3, -0.25) is 0 Å². The van der Waals surface area contributed by atoms with Crippen molar-refractivity contribution in [3.05, 3.63) is 58.1 Å². The van der Waals surface area contributed by atoms with E-state index in [4.69, 9.17) is 27.9 Å². The number of ether oxygens (including phenoxy) is 1. The zero-order chi connectivity index (χ0) is 15.2. The van der Waals surface area contributed by atoms with Gasteiger partial charge in [0.05, 0.1) is 12.1 Å². The Morgan fingerprint density at radius 3 is 2.57 bits per heavy atom. The van der Waals surface area contributed by atoms with Gasteiger partial charge in [0.1, 0.15) is 5.75 Å². The smallest absolute Gasteiger partial charge is 0.319 e. The summed E-state index contributed by atoms with van der Waals surface area (Å²) in [6.45, 7) is 0.343. The zero-order valence-corrected chi connectivity index (χ0v) is 12.8. The molecule has 0 saturated carbocycles. The molecule has 0 aliphatic carbocycles. The molecule has 0 bridgehead atoms. The van der Waals surface area contributed by atoms with Gasteiger partial charge in [0.25, 0.3) is 0 Å². The van der Waals surface area contributed by atoms with Crippen LogP contribution in [0.25, 0.3) is 0 Å². The maximum absolute atomic E-state index is 11.8. The first-order valence-corrected chi connectivity index (χ1v) is 6.97. The Labute approximate surface area is 133 Å². The molecule has 6 heteroatoms. The molecule has 110 valence electrons. The van der Waals surface area contributed by atoms with Gasteiger partial charge in [-0.15, -0.1) is 0 Å². The molecule has 0 radical (unpaired) electrons. The molecule has 2 N–H and O–H groups in total. The molecule has 0 unspecified atom stereocenters.